The summed E-state index contributed by atoms with van der Waals surface area (Å²) >= 11 is 0. The van der Waals surface area contributed by atoms with Crippen LogP contribution in [0.1, 0.15) is 24.6 Å². The van der Waals surface area contributed by atoms with Crippen molar-refractivity contribution in [2.75, 3.05) is 7.11 Å². The molecule has 2 heterocycles. The van der Waals surface area contributed by atoms with E-state index in [-0.39, 0.29) is 5.56 Å². The average Bonchev–Trinajstić information content (AvgIpc) is 3.06. The Bertz CT molecular complexity index is 613. The van der Waals surface area contributed by atoms with E-state index in [1.54, 1.807) is 19.6 Å². The first-order valence-corrected chi connectivity index (χ1v) is 5.89. The van der Waals surface area contributed by atoms with Gasteiger partial charge in [0.1, 0.15) is 5.69 Å². The van der Waals surface area contributed by atoms with Crippen molar-refractivity contribution in [1.29, 1.82) is 0 Å². The number of ether oxygens (including phenoxy) is 1. The third kappa shape index (κ3) is 2.06. The van der Waals surface area contributed by atoms with E-state index in [9.17, 15) is 4.79 Å². The third-order valence-corrected chi connectivity index (χ3v) is 2.94. The summed E-state index contributed by atoms with van der Waals surface area (Å²) in [5, 5.41) is 0. The van der Waals surface area contributed by atoms with Crippen LogP contribution >= 0.6 is 0 Å². The molecule has 0 spiro atoms. The minimum atomic E-state index is -0.171. The Kier molecular flexibility index (Phi) is 2.71. The molecule has 2 aromatic heterocycles. The van der Waals surface area contributed by atoms with Gasteiger partial charge >= 0.3 is 0 Å². The number of H-pyrrole nitrogens is 1. The molecular formula is C12H14N4O2. The normalized spacial score (nSPS) is 14.9. The predicted molar refractivity (Wildman–Crippen MR) is 65.1 cm³/mol. The molecule has 94 valence electrons. The standard InChI is InChI=1S/C12H14N4O2/c1-18-6-8-4-11(17)15-12(14-8)10-5-13-7-16(10)9-2-3-9/h4-5,7,9H,2-3,6H2,1H3,(H,14,15,17). The van der Waals surface area contributed by atoms with Crippen LogP contribution in [0, 0.1) is 0 Å². The molecule has 0 bridgehead atoms. The lowest BCUT2D eigenvalue weighted by Gasteiger charge is -2.06. The van der Waals surface area contributed by atoms with Crippen LogP contribution in [0.2, 0.25) is 0 Å². The molecular weight excluding hydrogens is 232 g/mol. The maximum Gasteiger partial charge on any atom is 0.251 e. The summed E-state index contributed by atoms with van der Waals surface area (Å²) in [6, 6.07) is 1.95. The first kappa shape index (κ1) is 11.2. The summed E-state index contributed by atoms with van der Waals surface area (Å²) in [6.07, 6.45) is 5.83. The van der Waals surface area contributed by atoms with Crippen molar-refractivity contribution in [3.8, 4) is 11.5 Å². The molecule has 0 amide bonds. The van der Waals surface area contributed by atoms with E-state index in [4.69, 9.17) is 4.74 Å². The maximum atomic E-state index is 11.6. The van der Waals surface area contributed by atoms with Crippen molar-refractivity contribution in [2.45, 2.75) is 25.5 Å². The van der Waals surface area contributed by atoms with Crippen molar-refractivity contribution in [3.63, 3.8) is 0 Å². The van der Waals surface area contributed by atoms with Crippen LogP contribution in [-0.4, -0.2) is 26.6 Å². The Morgan fingerprint density at radius 3 is 3.11 bits per heavy atom. The van der Waals surface area contributed by atoms with Crippen LogP contribution in [0.25, 0.3) is 11.5 Å². The molecule has 1 aliphatic rings. The SMILES string of the molecule is COCc1cc(=O)[nH]c(-c2cncn2C2CC2)n1. The lowest BCUT2D eigenvalue weighted by molar-refractivity contribution is 0.181. The first-order valence-electron chi connectivity index (χ1n) is 5.89. The highest BCUT2D eigenvalue weighted by Gasteiger charge is 2.26. The van der Waals surface area contributed by atoms with Gasteiger partial charge in [-0.25, -0.2) is 9.97 Å². The van der Waals surface area contributed by atoms with E-state index < -0.39 is 0 Å². The van der Waals surface area contributed by atoms with Crippen LogP contribution in [0.3, 0.4) is 0 Å². The molecule has 1 fully saturated rings. The molecule has 18 heavy (non-hydrogen) atoms. The lowest BCUT2D eigenvalue weighted by atomic mass is 10.3. The average molecular weight is 246 g/mol. The van der Waals surface area contributed by atoms with Gasteiger partial charge < -0.3 is 14.3 Å². The Labute approximate surface area is 104 Å². The summed E-state index contributed by atoms with van der Waals surface area (Å²) in [4.78, 5) is 22.9. The quantitative estimate of drug-likeness (QED) is 0.877. The number of nitrogens with one attached hydrogen (secondary N) is 1. The van der Waals surface area contributed by atoms with E-state index in [2.05, 4.69) is 19.5 Å². The molecule has 0 radical (unpaired) electrons. The molecule has 1 aliphatic carbocycles. The van der Waals surface area contributed by atoms with Crippen molar-refractivity contribution < 1.29 is 4.74 Å². The second-order valence-electron chi connectivity index (χ2n) is 4.44. The van der Waals surface area contributed by atoms with Crippen molar-refractivity contribution in [2.24, 2.45) is 0 Å². The Balaban J connectivity index is 2.04. The van der Waals surface area contributed by atoms with Crippen LogP contribution in [0.4, 0.5) is 0 Å². The second kappa shape index (κ2) is 4.38. The topological polar surface area (TPSA) is 72.8 Å². The van der Waals surface area contributed by atoms with Crippen molar-refractivity contribution >= 4 is 0 Å². The van der Waals surface area contributed by atoms with Gasteiger partial charge in [-0.3, -0.25) is 4.79 Å². The molecule has 0 aliphatic heterocycles. The van der Waals surface area contributed by atoms with Crippen molar-refractivity contribution in [3.05, 3.63) is 34.6 Å². The highest BCUT2D eigenvalue weighted by atomic mass is 16.5. The fraction of sp³-hybridized carbons (Fsp3) is 0.417. The Morgan fingerprint density at radius 2 is 2.39 bits per heavy atom. The molecule has 1 N–H and O–H groups in total. The number of methoxy groups -OCH3 is 1. The zero-order chi connectivity index (χ0) is 12.5. The monoisotopic (exact) mass is 246 g/mol. The number of nitrogens with zero attached hydrogens (tertiary/aromatic N) is 3. The number of aromatic amines is 1. The van der Waals surface area contributed by atoms with Gasteiger partial charge in [0.2, 0.25) is 0 Å². The summed E-state index contributed by atoms with van der Waals surface area (Å²) in [7, 11) is 1.58. The maximum absolute atomic E-state index is 11.6. The number of rotatable bonds is 4. The number of aromatic nitrogens is 4. The molecule has 2 aromatic rings. The molecule has 0 atom stereocenters. The Hall–Kier alpha value is -1.95. The lowest BCUT2D eigenvalue weighted by Crippen LogP contribution is -2.12. The Morgan fingerprint density at radius 1 is 1.56 bits per heavy atom. The largest absolute Gasteiger partial charge is 0.378 e. The molecule has 0 saturated heterocycles. The van der Waals surface area contributed by atoms with E-state index in [1.807, 2.05) is 0 Å². The number of hydrogen-bond acceptors (Lipinski definition) is 4. The van der Waals surface area contributed by atoms with Gasteiger partial charge in [-0.05, 0) is 12.8 Å². The number of hydrogen-bond donors (Lipinski definition) is 1. The van der Waals surface area contributed by atoms with Gasteiger partial charge in [0, 0.05) is 19.2 Å². The first-order chi connectivity index (χ1) is 8.78. The van der Waals surface area contributed by atoms with Gasteiger partial charge in [0.05, 0.1) is 24.8 Å². The predicted octanol–water partition coefficient (Wildman–Crippen LogP) is 1.11. The minimum Gasteiger partial charge on any atom is -0.378 e. The summed E-state index contributed by atoms with van der Waals surface area (Å²) in [5.41, 5.74) is 1.31. The van der Waals surface area contributed by atoms with Gasteiger partial charge in [-0.1, -0.05) is 0 Å². The van der Waals surface area contributed by atoms with E-state index in [1.165, 1.54) is 6.07 Å². The third-order valence-electron chi connectivity index (χ3n) is 2.94. The zero-order valence-electron chi connectivity index (χ0n) is 10.1. The zero-order valence-corrected chi connectivity index (χ0v) is 10.1. The smallest absolute Gasteiger partial charge is 0.251 e. The fourth-order valence-corrected chi connectivity index (χ4v) is 1.98. The van der Waals surface area contributed by atoms with Gasteiger partial charge in [-0.15, -0.1) is 0 Å². The highest BCUT2D eigenvalue weighted by Crippen LogP contribution is 2.37. The van der Waals surface area contributed by atoms with Crippen molar-refractivity contribution in [1.82, 2.24) is 19.5 Å². The minimum absolute atomic E-state index is 0.171. The second-order valence-corrected chi connectivity index (χ2v) is 4.44. The molecule has 0 unspecified atom stereocenters. The fourth-order valence-electron chi connectivity index (χ4n) is 1.98. The van der Waals surface area contributed by atoms with Gasteiger partial charge in [0.15, 0.2) is 5.82 Å². The molecule has 6 nitrogen and oxygen atoms in total. The van der Waals surface area contributed by atoms with Crippen LogP contribution < -0.4 is 5.56 Å². The van der Waals surface area contributed by atoms with Crippen LogP contribution in [0.15, 0.2) is 23.4 Å². The van der Waals surface area contributed by atoms with Crippen LogP contribution in [0.5, 0.6) is 0 Å². The van der Waals surface area contributed by atoms with Gasteiger partial charge in [-0.2, -0.15) is 0 Å². The van der Waals surface area contributed by atoms with E-state index in [0.29, 0.717) is 24.2 Å². The number of imidazole rings is 1. The molecule has 6 heteroatoms. The summed E-state index contributed by atoms with van der Waals surface area (Å²) in [5.74, 6) is 0.555. The van der Waals surface area contributed by atoms with Gasteiger partial charge in [0.25, 0.3) is 5.56 Å². The molecule has 3 rings (SSSR count). The summed E-state index contributed by atoms with van der Waals surface area (Å²) < 4.78 is 7.07. The summed E-state index contributed by atoms with van der Waals surface area (Å²) in [6.45, 7) is 0.328. The van der Waals surface area contributed by atoms with E-state index in [0.717, 1.165) is 18.5 Å². The van der Waals surface area contributed by atoms with Crippen LogP contribution in [-0.2, 0) is 11.3 Å². The molecule has 1 saturated carbocycles. The molecule has 0 aromatic carbocycles. The van der Waals surface area contributed by atoms with E-state index >= 15 is 0 Å². The highest BCUT2D eigenvalue weighted by molar-refractivity contribution is 5.48.